The predicted octanol–water partition coefficient (Wildman–Crippen LogP) is 7.25. The van der Waals surface area contributed by atoms with Crippen LogP contribution in [0.5, 0.6) is 0 Å². The summed E-state index contributed by atoms with van der Waals surface area (Å²) in [6.45, 7) is 15.4. The van der Waals surface area contributed by atoms with Crippen molar-refractivity contribution in [2.75, 3.05) is 6.61 Å². The van der Waals surface area contributed by atoms with Gasteiger partial charge in [0.1, 0.15) is 18.2 Å². The number of rotatable bonds is 16. The molecule has 0 aromatic heterocycles. The van der Waals surface area contributed by atoms with Crippen LogP contribution in [-0.2, 0) is 43.6 Å². The van der Waals surface area contributed by atoms with E-state index in [0.29, 0.717) is 19.6 Å². The lowest BCUT2D eigenvalue weighted by molar-refractivity contribution is -0.145. The lowest BCUT2D eigenvalue weighted by Crippen LogP contribution is -2.57. The lowest BCUT2D eigenvalue weighted by Gasteiger charge is -2.36. The molecule has 4 rings (SSSR count). The summed E-state index contributed by atoms with van der Waals surface area (Å²) < 4.78 is 19.6. The predicted molar refractivity (Wildman–Crippen MR) is 186 cm³/mol. The van der Waals surface area contributed by atoms with E-state index in [1.54, 1.807) is 11.0 Å². The van der Waals surface area contributed by atoms with E-state index >= 15 is 0 Å². The van der Waals surface area contributed by atoms with Gasteiger partial charge in [0, 0.05) is 12.0 Å². The third-order valence-electron chi connectivity index (χ3n) is 8.19. The first-order valence-electron chi connectivity index (χ1n) is 16.6. The topological polar surface area (TPSA) is 77.1 Å². The summed E-state index contributed by atoms with van der Waals surface area (Å²) in [5.41, 5.74) is 2.42. The maximum Gasteiger partial charge on any atom is 0.246 e. The number of hydrogen-bond donors (Lipinski definition) is 1. The minimum absolute atomic E-state index is 0.0235. The van der Waals surface area contributed by atoms with Crippen LogP contribution in [0, 0.1) is 5.41 Å². The summed E-state index contributed by atoms with van der Waals surface area (Å²) >= 11 is 0. The number of allylic oxidation sites excluding steroid dienone is 1. The molecule has 0 aliphatic carbocycles. The van der Waals surface area contributed by atoms with Crippen LogP contribution >= 0.6 is 0 Å². The molecular weight excluding hydrogens is 588 g/mol. The number of nitrogens with zero attached hydrogens (tertiary/aromatic N) is 1. The minimum atomic E-state index is -0.929. The molecule has 1 saturated heterocycles. The summed E-state index contributed by atoms with van der Waals surface area (Å²) in [6.07, 6.45) is 1.79. The van der Waals surface area contributed by atoms with Gasteiger partial charge in [0.25, 0.3) is 0 Å². The Morgan fingerprint density at radius 2 is 1.26 bits per heavy atom. The number of amides is 2. The zero-order valence-corrected chi connectivity index (χ0v) is 28.7. The lowest BCUT2D eigenvalue weighted by atomic mass is 9.81. The van der Waals surface area contributed by atoms with Gasteiger partial charge in [-0.15, -0.1) is 6.58 Å². The van der Waals surface area contributed by atoms with E-state index in [0.717, 1.165) is 23.1 Å². The molecule has 1 aliphatic rings. The highest BCUT2D eigenvalue weighted by Crippen LogP contribution is 2.35. The van der Waals surface area contributed by atoms with Crippen LogP contribution in [0.2, 0.25) is 0 Å². The highest BCUT2D eigenvalue weighted by Gasteiger charge is 2.56. The van der Waals surface area contributed by atoms with E-state index in [1.807, 2.05) is 105 Å². The molecule has 3 aromatic rings. The maximum absolute atomic E-state index is 14.5. The molecule has 0 bridgehead atoms. The maximum atomic E-state index is 14.5. The summed E-state index contributed by atoms with van der Waals surface area (Å²) in [5.74, 6) is -0.422. The van der Waals surface area contributed by atoms with Gasteiger partial charge in [-0.1, -0.05) is 118 Å². The van der Waals surface area contributed by atoms with Gasteiger partial charge in [-0.05, 0) is 48.8 Å². The second kappa shape index (κ2) is 16.9. The quantitative estimate of drug-likeness (QED) is 0.167. The van der Waals surface area contributed by atoms with Gasteiger partial charge in [0.05, 0.1) is 32.5 Å². The zero-order chi connectivity index (χ0) is 33.9. The molecule has 1 aliphatic heterocycles. The fourth-order valence-electron chi connectivity index (χ4n) is 6.64. The number of ether oxygens (including phenoxy) is 3. The SMILES string of the molecule is C=CCCC(=O)N1[C@H](C(=O)NC(C)(C)CC(C)(C)C)[C@H](OCc2ccccc2)[C@@H](OCc2ccccc2)[C@@H]1COCc1ccccc1. The number of carbonyl (C=O) groups is 2. The van der Waals surface area contributed by atoms with E-state index in [1.165, 1.54) is 0 Å². The Morgan fingerprint density at radius 3 is 1.74 bits per heavy atom. The Morgan fingerprint density at radius 1 is 0.766 bits per heavy atom. The molecule has 7 nitrogen and oxygen atoms in total. The van der Waals surface area contributed by atoms with Crippen molar-refractivity contribution in [3.05, 3.63) is 120 Å². The largest absolute Gasteiger partial charge is 0.375 e. The summed E-state index contributed by atoms with van der Waals surface area (Å²) in [7, 11) is 0. The Kier molecular flexibility index (Phi) is 12.9. The van der Waals surface area contributed by atoms with Gasteiger partial charge in [-0.3, -0.25) is 9.59 Å². The first kappa shape index (κ1) is 36.1. The van der Waals surface area contributed by atoms with Crippen LogP contribution in [0.25, 0.3) is 0 Å². The van der Waals surface area contributed by atoms with Crippen molar-refractivity contribution in [3.63, 3.8) is 0 Å². The van der Waals surface area contributed by atoms with E-state index in [2.05, 4.69) is 32.7 Å². The second-order valence-electron chi connectivity index (χ2n) is 14.3. The van der Waals surface area contributed by atoms with Crippen molar-refractivity contribution < 1.29 is 23.8 Å². The number of benzene rings is 3. The molecule has 1 N–H and O–H groups in total. The van der Waals surface area contributed by atoms with Gasteiger partial charge >= 0.3 is 0 Å². The van der Waals surface area contributed by atoms with Gasteiger partial charge in [0.15, 0.2) is 0 Å². The van der Waals surface area contributed by atoms with Crippen LogP contribution in [0.4, 0.5) is 0 Å². The van der Waals surface area contributed by atoms with Crippen LogP contribution < -0.4 is 5.32 Å². The van der Waals surface area contributed by atoms with Gasteiger partial charge in [-0.2, -0.15) is 0 Å². The summed E-state index contributed by atoms with van der Waals surface area (Å²) in [6, 6.07) is 28.2. The van der Waals surface area contributed by atoms with Crippen LogP contribution in [0.15, 0.2) is 104 Å². The fraction of sp³-hybridized carbons (Fsp3) is 0.450. The fourth-order valence-corrected chi connectivity index (χ4v) is 6.64. The van der Waals surface area contributed by atoms with Crippen molar-refractivity contribution in [1.29, 1.82) is 0 Å². The van der Waals surface area contributed by atoms with Gasteiger partial charge in [0.2, 0.25) is 11.8 Å². The van der Waals surface area contributed by atoms with Crippen molar-refractivity contribution in [2.24, 2.45) is 5.41 Å². The zero-order valence-electron chi connectivity index (χ0n) is 28.7. The average molecular weight is 641 g/mol. The molecule has 0 spiro atoms. The van der Waals surface area contributed by atoms with E-state index in [9.17, 15) is 9.59 Å². The molecule has 2 amide bonds. The monoisotopic (exact) mass is 640 g/mol. The molecule has 3 aromatic carbocycles. The molecule has 4 atom stereocenters. The van der Waals surface area contributed by atoms with Gasteiger partial charge < -0.3 is 24.4 Å². The van der Waals surface area contributed by atoms with Crippen molar-refractivity contribution in [1.82, 2.24) is 10.2 Å². The number of nitrogens with one attached hydrogen (secondary N) is 1. The number of likely N-dealkylation sites (tertiary alicyclic amines) is 1. The third kappa shape index (κ3) is 10.9. The molecule has 7 heteroatoms. The molecule has 1 heterocycles. The molecule has 0 radical (unpaired) electrons. The van der Waals surface area contributed by atoms with Crippen LogP contribution in [0.1, 0.15) is 70.6 Å². The van der Waals surface area contributed by atoms with E-state index in [-0.39, 0.29) is 36.9 Å². The Bertz CT molecular complexity index is 1400. The Labute approximate surface area is 281 Å². The first-order chi connectivity index (χ1) is 22.5. The highest BCUT2D eigenvalue weighted by molar-refractivity contribution is 5.90. The average Bonchev–Trinajstić information content (AvgIpc) is 3.34. The smallest absolute Gasteiger partial charge is 0.246 e. The first-order valence-corrected chi connectivity index (χ1v) is 16.6. The summed E-state index contributed by atoms with van der Waals surface area (Å²) in [5, 5.41) is 3.29. The molecule has 47 heavy (non-hydrogen) atoms. The van der Waals surface area contributed by atoms with Crippen molar-refractivity contribution in [2.45, 2.75) is 104 Å². The second-order valence-corrected chi connectivity index (χ2v) is 14.3. The standard InChI is InChI=1S/C40H52N2O5/c1-7-8-24-34(43)42-33(28-45-25-30-18-12-9-13-19-30)36(46-26-31-20-14-10-15-21-31)37(47-27-32-22-16-11-17-23-32)35(42)38(44)41-40(5,6)29-39(2,3)4/h7,9-23,33,35-37H,1,8,24-29H2,2-6H3,(H,41,44)/t33-,35-,36-,37-/m0/s1. The Balaban J connectivity index is 1.73. The normalized spacial score (nSPS) is 19.8. The van der Waals surface area contributed by atoms with Crippen LogP contribution in [-0.4, -0.2) is 53.2 Å². The van der Waals surface area contributed by atoms with Crippen molar-refractivity contribution in [3.8, 4) is 0 Å². The van der Waals surface area contributed by atoms with Crippen LogP contribution in [0.3, 0.4) is 0 Å². The van der Waals surface area contributed by atoms with Crippen molar-refractivity contribution >= 4 is 11.8 Å². The highest BCUT2D eigenvalue weighted by atomic mass is 16.5. The molecular formula is C40H52N2O5. The molecule has 1 fully saturated rings. The number of carbonyl (C=O) groups excluding carboxylic acids is 2. The molecule has 252 valence electrons. The van der Waals surface area contributed by atoms with Gasteiger partial charge in [-0.25, -0.2) is 0 Å². The van der Waals surface area contributed by atoms with E-state index in [4.69, 9.17) is 14.2 Å². The third-order valence-corrected chi connectivity index (χ3v) is 8.19. The minimum Gasteiger partial charge on any atom is -0.375 e. The Hall–Kier alpha value is -3.78. The number of hydrogen-bond acceptors (Lipinski definition) is 5. The molecule has 0 saturated carbocycles. The molecule has 0 unspecified atom stereocenters. The summed E-state index contributed by atoms with van der Waals surface area (Å²) in [4.78, 5) is 30.3. The van der Waals surface area contributed by atoms with E-state index < -0.39 is 29.8 Å².